The smallest absolute Gasteiger partial charge is 0.244 e. The first-order chi connectivity index (χ1) is 13.7. The van der Waals surface area contributed by atoms with Crippen LogP contribution in [0.5, 0.6) is 0 Å². The summed E-state index contributed by atoms with van der Waals surface area (Å²) in [6, 6.07) is 4.49. The maximum Gasteiger partial charge on any atom is 0.244 e. The molecule has 1 N–H and O–H groups in total. The third kappa shape index (κ3) is 5.23. The van der Waals surface area contributed by atoms with Crippen molar-refractivity contribution in [3.8, 4) is 0 Å². The minimum absolute atomic E-state index is 0.00325. The van der Waals surface area contributed by atoms with Gasteiger partial charge in [0.1, 0.15) is 4.90 Å². The summed E-state index contributed by atoms with van der Waals surface area (Å²) in [7, 11) is -3.76. The van der Waals surface area contributed by atoms with Crippen LogP contribution in [-0.4, -0.2) is 61.7 Å². The largest absolute Gasteiger partial charge is 0.353 e. The molecule has 0 aromatic heterocycles. The lowest BCUT2D eigenvalue weighted by molar-refractivity contribution is -0.137. The van der Waals surface area contributed by atoms with E-state index in [-0.39, 0.29) is 46.8 Å². The molecule has 2 aliphatic rings. The van der Waals surface area contributed by atoms with Crippen LogP contribution in [0.15, 0.2) is 23.1 Å². The summed E-state index contributed by atoms with van der Waals surface area (Å²) in [6.45, 7) is 3.25. The Morgan fingerprint density at radius 3 is 2.24 bits per heavy atom. The number of benzene rings is 1. The number of hydrogen-bond acceptors (Lipinski definition) is 4. The van der Waals surface area contributed by atoms with Gasteiger partial charge in [0, 0.05) is 50.1 Å². The van der Waals surface area contributed by atoms with E-state index in [0.29, 0.717) is 31.0 Å². The molecule has 2 aliphatic heterocycles. The number of nitrogens with zero attached hydrogens (tertiary/aromatic N) is 2. The lowest BCUT2D eigenvalue weighted by Gasteiger charge is -2.37. The van der Waals surface area contributed by atoms with Crippen molar-refractivity contribution >= 4 is 45.0 Å². The fourth-order valence-corrected chi connectivity index (χ4v) is 6.15. The van der Waals surface area contributed by atoms with E-state index in [9.17, 15) is 18.0 Å². The Morgan fingerprint density at radius 1 is 1.03 bits per heavy atom. The van der Waals surface area contributed by atoms with Crippen molar-refractivity contribution in [2.45, 2.75) is 43.5 Å². The molecule has 2 amide bonds. The van der Waals surface area contributed by atoms with Crippen LogP contribution in [0, 0.1) is 5.92 Å². The molecule has 29 heavy (non-hydrogen) atoms. The quantitative estimate of drug-likeness (QED) is 0.745. The van der Waals surface area contributed by atoms with E-state index in [1.165, 1.54) is 23.4 Å². The number of hydrogen-bond donors (Lipinski definition) is 1. The molecule has 0 aliphatic carbocycles. The highest BCUT2D eigenvalue weighted by Crippen LogP contribution is 2.31. The van der Waals surface area contributed by atoms with Crippen molar-refractivity contribution in [3.63, 3.8) is 0 Å². The van der Waals surface area contributed by atoms with Crippen LogP contribution in [0.3, 0.4) is 0 Å². The van der Waals surface area contributed by atoms with Gasteiger partial charge in [0.25, 0.3) is 0 Å². The van der Waals surface area contributed by atoms with Gasteiger partial charge in [0.15, 0.2) is 0 Å². The molecule has 0 radical (unpaired) electrons. The second-order valence-electron chi connectivity index (χ2n) is 7.55. The van der Waals surface area contributed by atoms with Gasteiger partial charge in [0.05, 0.1) is 5.02 Å². The number of amides is 2. The highest BCUT2D eigenvalue weighted by Gasteiger charge is 2.35. The second-order valence-corrected chi connectivity index (χ2v) is 10.3. The van der Waals surface area contributed by atoms with E-state index in [1.807, 2.05) is 4.90 Å². The summed E-state index contributed by atoms with van der Waals surface area (Å²) < 4.78 is 27.2. The van der Waals surface area contributed by atoms with E-state index >= 15 is 0 Å². The monoisotopic (exact) mass is 461 g/mol. The van der Waals surface area contributed by atoms with Crippen LogP contribution in [0.25, 0.3) is 0 Å². The van der Waals surface area contributed by atoms with Crippen LogP contribution >= 0.6 is 23.2 Å². The molecule has 7 nitrogen and oxygen atoms in total. The third-order valence-corrected chi connectivity index (χ3v) is 8.14. The Morgan fingerprint density at radius 2 is 1.66 bits per heavy atom. The number of carbonyl (C=O) groups excluding carboxylic acids is 2. The predicted octanol–water partition coefficient (Wildman–Crippen LogP) is 2.52. The van der Waals surface area contributed by atoms with Crippen molar-refractivity contribution < 1.29 is 18.0 Å². The van der Waals surface area contributed by atoms with E-state index < -0.39 is 10.0 Å². The van der Waals surface area contributed by atoms with Gasteiger partial charge in [-0.1, -0.05) is 23.2 Å². The van der Waals surface area contributed by atoms with E-state index in [1.54, 1.807) is 6.07 Å². The van der Waals surface area contributed by atoms with E-state index in [2.05, 4.69) is 5.32 Å². The average Bonchev–Trinajstić information content (AvgIpc) is 2.69. The molecule has 0 saturated carbocycles. The third-order valence-electron chi connectivity index (χ3n) is 5.53. The van der Waals surface area contributed by atoms with Gasteiger partial charge in [-0.2, -0.15) is 4.31 Å². The molecule has 0 bridgehead atoms. The number of likely N-dealkylation sites (tertiary alicyclic amines) is 1. The van der Waals surface area contributed by atoms with Crippen molar-refractivity contribution in [1.29, 1.82) is 0 Å². The zero-order valence-corrected chi connectivity index (χ0v) is 18.6. The van der Waals surface area contributed by atoms with Gasteiger partial charge in [-0.05, 0) is 43.9 Å². The molecule has 160 valence electrons. The number of piperidine rings is 2. The first kappa shape index (κ1) is 22.3. The molecule has 0 unspecified atom stereocenters. The minimum atomic E-state index is -3.76. The summed E-state index contributed by atoms with van der Waals surface area (Å²) in [6.07, 6.45) is 2.43. The fraction of sp³-hybridized carbons (Fsp3) is 0.579. The lowest BCUT2D eigenvalue weighted by Crippen LogP contribution is -2.49. The molecule has 2 heterocycles. The predicted molar refractivity (Wildman–Crippen MR) is 111 cm³/mol. The van der Waals surface area contributed by atoms with Gasteiger partial charge in [0.2, 0.25) is 21.8 Å². The van der Waals surface area contributed by atoms with Crippen LogP contribution in [0.4, 0.5) is 0 Å². The zero-order chi connectivity index (χ0) is 21.2. The van der Waals surface area contributed by atoms with Gasteiger partial charge < -0.3 is 10.2 Å². The van der Waals surface area contributed by atoms with E-state index in [0.717, 1.165) is 12.8 Å². The number of halogens is 2. The molecule has 0 spiro atoms. The maximum absolute atomic E-state index is 12.9. The normalized spacial score (nSPS) is 19.9. The van der Waals surface area contributed by atoms with Crippen molar-refractivity contribution in [2.24, 2.45) is 5.92 Å². The molecule has 0 atom stereocenters. The summed E-state index contributed by atoms with van der Waals surface area (Å²) in [4.78, 5) is 25.8. The van der Waals surface area contributed by atoms with Gasteiger partial charge in [-0.25, -0.2) is 8.42 Å². The highest BCUT2D eigenvalue weighted by atomic mass is 35.5. The van der Waals surface area contributed by atoms with Gasteiger partial charge in [-0.3, -0.25) is 9.59 Å². The summed E-state index contributed by atoms with van der Waals surface area (Å²) in [5, 5.41) is 3.34. The molecule has 10 heteroatoms. The second kappa shape index (κ2) is 9.20. The molecular formula is C19H25Cl2N3O4S. The Hall–Kier alpha value is -1.35. The lowest BCUT2D eigenvalue weighted by atomic mass is 9.95. The molecular weight excluding hydrogens is 437 g/mol. The highest BCUT2D eigenvalue weighted by molar-refractivity contribution is 7.89. The first-order valence-electron chi connectivity index (χ1n) is 9.69. The van der Waals surface area contributed by atoms with E-state index in [4.69, 9.17) is 23.2 Å². The number of carbonyl (C=O) groups is 2. The number of nitrogens with one attached hydrogen (secondary N) is 1. The SMILES string of the molecule is CC(=O)NC1CCN(C(=O)C2CCN(S(=O)(=O)c3cc(Cl)ccc3Cl)CC2)CC1. The number of sulfonamides is 1. The molecule has 1 aromatic carbocycles. The van der Waals surface area contributed by atoms with Crippen LogP contribution in [-0.2, 0) is 19.6 Å². The molecule has 3 rings (SSSR count). The summed E-state index contributed by atoms with van der Waals surface area (Å²) >= 11 is 12.0. The van der Waals surface area contributed by atoms with Crippen molar-refractivity contribution in [2.75, 3.05) is 26.2 Å². The first-order valence-corrected chi connectivity index (χ1v) is 11.9. The average molecular weight is 462 g/mol. The zero-order valence-electron chi connectivity index (χ0n) is 16.2. The Balaban J connectivity index is 1.57. The van der Waals surface area contributed by atoms with Crippen molar-refractivity contribution in [3.05, 3.63) is 28.2 Å². The maximum atomic E-state index is 12.9. The summed E-state index contributed by atoms with van der Waals surface area (Å²) in [5.74, 6) is -0.166. The van der Waals surface area contributed by atoms with Crippen LogP contribution in [0.2, 0.25) is 10.0 Å². The van der Waals surface area contributed by atoms with Gasteiger partial charge in [-0.15, -0.1) is 0 Å². The van der Waals surface area contributed by atoms with Crippen molar-refractivity contribution in [1.82, 2.24) is 14.5 Å². The molecule has 2 fully saturated rings. The standard InChI is InChI=1S/C19H25Cl2N3O4S/c1-13(25)22-16-6-8-23(9-7-16)19(26)14-4-10-24(11-5-14)29(27,28)18-12-15(20)2-3-17(18)21/h2-3,12,14,16H,4-11H2,1H3,(H,22,25). The van der Waals surface area contributed by atoms with Crippen LogP contribution < -0.4 is 5.32 Å². The number of rotatable bonds is 4. The Kier molecular flexibility index (Phi) is 7.09. The van der Waals surface area contributed by atoms with Gasteiger partial charge >= 0.3 is 0 Å². The Labute approximate surface area is 181 Å². The minimum Gasteiger partial charge on any atom is -0.353 e. The summed E-state index contributed by atoms with van der Waals surface area (Å²) in [5.41, 5.74) is 0. The molecule has 1 aromatic rings. The topological polar surface area (TPSA) is 86.8 Å². The molecule has 2 saturated heterocycles. The fourth-order valence-electron chi connectivity index (χ4n) is 3.95. The van der Waals surface area contributed by atoms with Crippen LogP contribution in [0.1, 0.15) is 32.6 Å². The Bertz CT molecular complexity index is 877.